The average molecular weight is 454 g/mol. The minimum atomic E-state index is -0.207. The van der Waals surface area contributed by atoms with Gasteiger partial charge in [-0.05, 0) is 38.0 Å². The van der Waals surface area contributed by atoms with Crippen LogP contribution in [0.5, 0.6) is 0 Å². The molecule has 0 aliphatic carbocycles. The van der Waals surface area contributed by atoms with Crippen molar-refractivity contribution in [2.75, 3.05) is 39.4 Å². The van der Waals surface area contributed by atoms with E-state index in [1.54, 1.807) is 0 Å². The molecule has 1 aliphatic rings. The van der Waals surface area contributed by atoms with Gasteiger partial charge in [-0.25, -0.2) is 0 Å². The molecule has 1 atom stereocenters. The number of halogens is 1. The molecule has 142 valence electrons. The Hall–Kier alpha value is -0.570. The van der Waals surface area contributed by atoms with Crippen molar-refractivity contribution in [2.24, 2.45) is 22.6 Å². The minimum absolute atomic E-state index is 0. The minimum Gasteiger partial charge on any atom is -0.381 e. The van der Waals surface area contributed by atoms with Crippen molar-refractivity contribution in [1.82, 2.24) is 10.2 Å². The summed E-state index contributed by atoms with van der Waals surface area (Å²) in [6.07, 6.45) is 3.56. The van der Waals surface area contributed by atoms with Crippen LogP contribution in [0.15, 0.2) is 4.99 Å². The molecule has 0 spiro atoms. The number of aliphatic imine (C=N–C) groups is 1. The van der Waals surface area contributed by atoms with Gasteiger partial charge in [0, 0.05) is 45.8 Å². The van der Waals surface area contributed by atoms with Gasteiger partial charge in [-0.2, -0.15) is 0 Å². The highest BCUT2D eigenvalue weighted by atomic mass is 127. The number of hydrogen-bond donors (Lipinski definition) is 2. The molecule has 24 heavy (non-hydrogen) atoms. The van der Waals surface area contributed by atoms with Crippen LogP contribution in [0.1, 0.15) is 46.5 Å². The van der Waals surface area contributed by atoms with Gasteiger partial charge in [0.2, 0.25) is 5.91 Å². The van der Waals surface area contributed by atoms with Gasteiger partial charge in [0.1, 0.15) is 0 Å². The maximum absolute atomic E-state index is 11.1. The summed E-state index contributed by atoms with van der Waals surface area (Å²) in [7, 11) is 0. The fraction of sp³-hybridized carbons (Fsp3) is 0.882. The lowest BCUT2D eigenvalue weighted by atomic mass is 9.95. The summed E-state index contributed by atoms with van der Waals surface area (Å²) >= 11 is 0. The summed E-state index contributed by atoms with van der Waals surface area (Å²) in [6.45, 7) is 11.4. The molecule has 0 radical (unpaired) electrons. The topological polar surface area (TPSA) is 80.0 Å². The zero-order chi connectivity index (χ0) is 17.1. The van der Waals surface area contributed by atoms with E-state index in [1.165, 1.54) is 0 Å². The molecule has 1 heterocycles. The first-order valence-corrected chi connectivity index (χ1v) is 8.92. The van der Waals surface area contributed by atoms with Gasteiger partial charge < -0.3 is 20.7 Å². The van der Waals surface area contributed by atoms with E-state index in [2.05, 4.69) is 31.0 Å². The number of nitrogens with zero attached hydrogens (tertiary/aromatic N) is 2. The Morgan fingerprint density at radius 3 is 2.83 bits per heavy atom. The van der Waals surface area contributed by atoms with Gasteiger partial charge in [-0.3, -0.25) is 9.79 Å². The fourth-order valence-corrected chi connectivity index (χ4v) is 2.80. The van der Waals surface area contributed by atoms with Crippen molar-refractivity contribution in [3.8, 4) is 0 Å². The van der Waals surface area contributed by atoms with Crippen molar-refractivity contribution in [1.29, 1.82) is 0 Å². The number of amides is 1. The van der Waals surface area contributed by atoms with E-state index < -0.39 is 0 Å². The molecule has 0 saturated carbocycles. The third-order valence-electron chi connectivity index (χ3n) is 3.80. The molecule has 1 rings (SSSR count). The molecule has 6 nitrogen and oxygen atoms in total. The lowest BCUT2D eigenvalue weighted by molar-refractivity contribution is -0.119. The summed E-state index contributed by atoms with van der Waals surface area (Å²) < 4.78 is 5.59. The quantitative estimate of drug-likeness (QED) is 0.242. The fourth-order valence-electron chi connectivity index (χ4n) is 2.80. The van der Waals surface area contributed by atoms with Crippen LogP contribution in [0.4, 0.5) is 0 Å². The van der Waals surface area contributed by atoms with Crippen LogP contribution in [0.3, 0.4) is 0 Å². The van der Waals surface area contributed by atoms with E-state index in [0.717, 1.165) is 64.6 Å². The number of guanidine groups is 1. The molecule has 7 heteroatoms. The van der Waals surface area contributed by atoms with E-state index >= 15 is 0 Å². The molecule has 1 amide bonds. The molecular weight excluding hydrogens is 419 g/mol. The molecule has 0 aromatic carbocycles. The van der Waals surface area contributed by atoms with E-state index in [-0.39, 0.29) is 29.9 Å². The highest BCUT2D eigenvalue weighted by Crippen LogP contribution is 2.19. The largest absolute Gasteiger partial charge is 0.381 e. The summed E-state index contributed by atoms with van der Waals surface area (Å²) in [5, 5.41) is 3.35. The summed E-state index contributed by atoms with van der Waals surface area (Å²) in [5.74, 6) is 1.66. The predicted octanol–water partition coefficient (Wildman–Crippen LogP) is 2.22. The van der Waals surface area contributed by atoms with Gasteiger partial charge >= 0.3 is 0 Å². The second kappa shape index (κ2) is 13.7. The lowest BCUT2D eigenvalue weighted by Crippen LogP contribution is -2.47. The number of carbonyl (C=O) groups excluding carboxylic acids is 1. The molecule has 1 aliphatic heterocycles. The number of ether oxygens (including phenoxy) is 1. The van der Waals surface area contributed by atoms with Crippen molar-refractivity contribution in [2.45, 2.75) is 46.5 Å². The molecule has 1 unspecified atom stereocenters. The van der Waals surface area contributed by atoms with Gasteiger partial charge in [-0.15, -0.1) is 24.0 Å². The van der Waals surface area contributed by atoms with E-state index in [4.69, 9.17) is 15.5 Å². The number of nitrogens with one attached hydrogen (secondary N) is 1. The first-order chi connectivity index (χ1) is 11.0. The van der Waals surface area contributed by atoms with E-state index in [9.17, 15) is 4.79 Å². The van der Waals surface area contributed by atoms with Crippen LogP contribution in [0.2, 0.25) is 0 Å². The molecular formula is C17H35IN4O2. The van der Waals surface area contributed by atoms with Crippen LogP contribution in [-0.4, -0.2) is 56.2 Å². The Morgan fingerprint density at radius 1 is 1.46 bits per heavy atom. The SMILES string of the molecule is CCNC(=NCCCOCC(C)C)N1CCCC(CC(N)=O)C1.I. The molecule has 0 aromatic rings. The number of likely N-dealkylation sites (tertiary alicyclic amines) is 1. The van der Waals surface area contributed by atoms with Crippen molar-refractivity contribution >= 4 is 35.8 Å². The first-order valence-electron chi connectivity index (χ1n) is 8.92. The number of carbonyl (C=O) groups is 1. The van der Waals surface area contributed by atoms with Crippen LogP contribution in [0.25, 0.3) is 0 Å². The third kappa shape index (κ3) is 10.3. The second-order valence-corrected chi connectivity index (χ2v) is 6.68. The number of hydrogen-bond acceptors (Lipinski definition) is 3. The van der Waals surface area contributed by atoms with Gasteiger partial charge in [-0.1, -0.05) is 13.8 Å². The smallest absolute Gasteiger partial charge is 0.217 e. The van der Waals surface area contributed by atoms with Crippen molar-refractivity contribution in [3.05, 3.63) is 0 Å². The standard InChI is InChI=1S/C17H34N4O2.HI/c1-4-19-17(20-8-6-10-23-13-14(2)3)21-9-5-7-15(12-21)11-16(18)22;/h14-15H,4-13H2,1-3H3,(H2,18,22)(H,19,20);1H. The number of primary amides is 1. The normalized spacial score (nSPS) is 18.4. The van der Waals surface area contributed by atoms with Gasteiger partial charge in [0.15, 0.2) is 5.96 Å². The number of rotatable bonds is 9. The Bertz CT molecular complexity index is 378. The maximum Gasteiger partial charge on any atom is 0.217 e. The molecule has 1 saturated heterocycles. The summed E-state index contributed by atoms with van der Waals surface area (Å²) in [5.41, 5.74) is 5.33. The first kappa shape index (κ1) is 23.4. The molecule has 3 N–H and O–H groups in total. The highest BCUT2D eigenvalue weighted by molar-refractivity contribution is 14.0. The number of piperidine rings is 1. The Balaban J connectivity index is 0.00000529. The van der Waals surface area contributed by atoms with E-state index in [1.807, 2.05) is 0 Å². The Morgan fingerprint density at radius 2 is 2.21 bits per heavy atom. The summed E-state index contributed by atoms with van der Waals surface area (Å²) in [4.78, 5) is 18.1. The van der Waals surface area contributed by atoms with Crippen LogP contribution in [0, 0.1) is 11.8 Å². The summed E-state index contributed by atoms with van der Waals surface area (Å²) in [6, 6.07) is 0. The van der Waals surface area contributed by atoms with Gasteiger partial charge in [0.05, 0.1) is 0 Å². The van der Waals surface area contributed by atoms with Crippen LogP contribution < -0.4 is 11.1 Å². The third-order valence-corrected chi connectivity index (χ3v) is 3.80. The lowest BCUT2D eigenvalue weighted by Gasteiger charge is -2.34. The predicted molar refractivity (Wildman–Crippen MR) is 110 cm³/mol. The maximum atomic E-state index is 11.1. The van der Waals surface area contributed by atoms with Crippen LogP contribution in [-0.2, 0) is 9.53 Å². The molecule has 1 fully saturated rings. The average Bonchev–Trinajstić information content (AvgIpc) is 2.49. The zero-order valence-electron chi connectivity index (χ0n) is 15.4. The van der Waals surface area contributed by atoms with Gasteiger partial charge in [0.25, 0.3) is 0 Å². The number of nitrogens with two attached hydrogens (primary N) is 1. The molecule has 0 aromatic heterocycles. The monoisotopic (exact) mass is 454 g/mol. The Kier molecular flexibility index (Phi) is 13.4. The zero-order valence-corrected chi connectivity index (χ0v) is 17.8. The second-order valence-electron chi connectivity index (χ2n) is 6.68. The highest BCUT2D eigenvalue weighted by Gasteiger charge is 2.23. The van der Waals surface area contributed by atoms with Crippen molar-refractivity contribution in [3.63, 3.8) is 0 Å². The van der Waals surface area contributed by atoms with Crippen LogP contribution >= 0.6 is 24.0 Å². The molecule has 0 bridgehead atoms. The Labute approximate surface area is 164 Å². The van der Waals surface area contributed by atoms with Crippen molar-refractivity contribution < 1.29 is 9.53 Å². The van der Waals surface area contributed by atoms with E-state index in [0.29, 0.717) is 18.3 Å².